The molecule has 4 aromatic rings. The number of amides is 2. The predicted molar refractivity (Wildman–Crippen MR) is 126 cm³/mol. The molecule has 0 aliphatic heterocycles. The molecule has 0 aliphatic carbocycles. The number of benzene rings is 2. The molecule has 2 N–H and O–H groups in total. The van der Waals surface area contributed by atoms with E-state index in [0.29, 0.717) is 11.4 Å². The third-order valence-corrected chi connectivity index (χ3v) is 6.04. The van der Waals surface area contributed by atoms with Crippen molar-refractivity contribution in [3.8, 4) is 11.1 Å². The number of nitrogens with one attached hydrogen (secondary N) is 2. The molecule has 6 nitrogen and oxygen atoms in total. The number of aromatic nitrogens is 2. The molecule has 0 saturated carbocycles. The van der Waals surface area contributed by atoms with Gasteiger partial charge in [-0.2, -0.15) is 5.10 Å². The minimum atomic E-state index is -0.228. The SMILES string of the molecule is Cc1ccc(C(=O)NCC(=O)NCc2ccccc2-c2ccc(Cn3cccn3)cc2)s1. The van der Waals surface area contributed by atoms with E-state index in [4.69, 9.17) is 0 Å². The molecular weight excluding hydrogens is 420 g/mol. The molecule has 162 valence electrons. The van der Waals surface area contributed by atoms with Crippen LogP contribution in [0.1, 0.15) is 25.7 Å². The van der Waals surface area contributed by atoms with Crippen LogP contribution < -0.4 is 10.6 Å². The molecule has 0 atom stereocenters. The van der Waals surface area contributed by atoms with E-state index in [9.17, 15) is 9.59 Å². The van der Waals surface area contributed by atoms with Crippen molar-refractivity contribution in [1.29, 1.82) is 0 Å². The van der Waals surface area contributed by atoms with E-state index >= 15 is 0 Å². The van der Waals surface area contributed by atoms with Gasteiger partial charge < -0.3 is 10.6 Å². The molecule has 2 aromatic carbocycles. The zero-order valence-electron chi connectivity index (χ0n) is 17.7. The van der Waals surface area contributed by atoms with Gasteiger partial charge in [0, 0.05) is 23.8 Å². The first-order valence-electron chi connectivity index (χ1n) is 10.3. The van der Waals surface area contributed by atoms with Gasteiger partial charge in [0.05, 0.1) is 18.0 Å². The number of hydrogen-bond acceptors (Lipinski definition) is 4. The Labute approximate surface area is 190 Å². The molecule has 2 heterocycles. The average molecular weight is 445 g/mol. The van der Waals surface area contributed by atoms with E-state index in [1.54, 1.807) is 12.3 Å². The highest BCUT2D eigenvalue weighted by Crippen LogP contribution is 2.24. The maximum Gasteiger partial charge on any atom is 0.261 e. The number of aryl methyl sites for hydroxylation is 1. The molecule has 2 aromatic heterocycles. The van der Waals surface area contributed by atoms with Gasteiger partial charge in [-0.1, -0.05) is 48.5 Å². The summed E-state index contributed by atoms with van der Waals surface area (Å²) in [5, 5.41) is 9.81. The Morgan fingerprint density at radius 3 is 2.50 bits per heavy atom. The largest absolute Gasteiger partial charge is 0.350 e. The van der Waals surface area contributed by atoms with Crippen LogP contribution in [0.2, 0.25) is 0 Å². The Morgan fingerprint density at radius 2 is 1.78 bits per heavy atom. The molecule has 2 amide bonds. The van der Waals surface area contributed by atoms with Crippen LogP contribution >= 0.6 is 11.3 Å². The highest BCUT2D eigenvalue weighted by Gasteiger charge is 2.11. The molecule has 4 rings (SSSR count). The van der Waals surface area contributed by atoms with Crippen molar-refractivity contribution in [2.75, 3.05) is 6.54 Å². The van der Waals surface area contributed by atoms with Crippen LogP contribution in [0.15, 0.2) is 79.1 Å². The summed E-state index contributed by atoms with van der Waals surface area (Å²) in [4.78, 5) is 26.1. The van der Waals surface area contributed by atoms with Crippen LogP contribution in [0.3, 0.4) is 0 Å². The molecule has 7 heteroatoms. The standard InChI is InChI=1S/C25H24N4O2S/c1-18-7-12-23(32-18)25(31)27-16-24(30)26-15-21-5-2-3-6-22(21)20-10-8-19(9-11-20)17-29-14-4-13-28-29/h2-14H,15-17H2,1H3,(H,26,30)(H,27,31). The van der Waals surface area contributed by atoms with E-state index in [0.717, 1.165) is 28.1 Å². The van der Waals surface area contributed by atoms with E-state index in [1.165, 1.54) is 16.9 Å². The summed E-state index contributed by atoms with van der Waals surface area (Å²) in [6.07, 6.45) is 3.71. The number of nitrogens with zero attached hydrogens (tertiary/aromatic N) is 2. The summed E-state index contributed by atoms with van der Waals surface area (Å²) in [5.74, 6) is -0.454. The number of hydrogen-bond donors (Lipinski definition) is 2. The van der Waals surface area contributed by atoms with Gasteiger partial charge in [0.25, 0.3) is 5.91 Å². The summed E-state index contributed by atoms with van der Waals surface area (Å²) in [6.45, 7) is 3.00. The van der Waals surface area contributed by atoms with Gasteiger partial charge in [0.2, 0.25) is 5.91 Å². The van der Waals surface area contributed by atoms with Crippen molar-refractivity contribution in [2.45, 2.75) is 20.0 Å². The molecule has 0 radical (unpaired) electrons. The van der Waals surface area contributed by atoms with Crippen molar-refractivity contribution < 1.29 is 9.59 Å². The van der Waals surface area contributed by atoms with E-state index in [1.807, 2.05) is 54.2 Å². The monoisotopic (exact) mass is 444 g/mol. The first-order valence-corrected chi connectivity index (χ1v) is 11.2. The fourth-order valence-corrected chi connectivity index (χ4v) is 4.17. The topological polar surface area (TPSA) is 76.0 Å². The van der Waals surface area contributed by atoms with Crippen LogP contribution in [-0.2, 0) is 17.9 Å². The highest BCUT2D eigenvalue weighted by molar-refractivity contribution is 7.13. The summed E-state index contributed by atoms with van der Waals surface area (Å²) in [5.41, 5.74) is 4.33. The van der Waals surface area contributed by atoms with E-state index in [-0.39, 0.29) is 18.4 Å². The van der Waals surface area contributed by atoms with E-state index in [2.05, 4.69) is 40.0 Å². The van der Waals surface area contributed by atoms with Gasteiger partial charge in [0.1, 0.15) is 0 Å². The Balaban J connectivity index is 1.35. The minimum absolute atomic E-state index is 0.0555. The molecule has 0 saturated heterocycles. The molecule has 0 spiro atoms. The van der Waals surface area contributed by atoms with Gasteiger partial charge in [-0.3, -0.25) is 14.3 Å². The van der Waals surface area contributed by atoms with Gasteiger partial charge >= 0.3 is 0 Å². The van der Waals surface area contributed by atoms with Crippen molar-refractivity contribution in [2.24, 2.45) is 0 Å². The Kier molecular flexibility index (Phi) is 6.77. The molecule has 0 fully saturated rings. The number of carbonyl (C=O) groups is 2. The first-order chi connectivity index (χ1) is 15.6. The molecule has 0 aliphatic rings. The Morgan fingerprint density at radius 1 is 0.969 bits per heavy atom. The van der Waals surface area contributed by atoms with Crippen molar-refractivity contribution in [3.63, 3.8) is 0 Å². The van der Waals surface area contributed by atoms with Gasteiger partial charge in [0.15, 0.2) is 0 Å². The summed E-state index contributed by atoms with van der Waals surface area (Å²) in [6, 6.07) is 21.9. The lowest BCUT2D eigenvalue weighted by molar-refractivity contribution is -0.120. The van der Waals surface area contributed by atoms with Gasteiger partial charge in [-0.25, -0.2) is 0 Å². The molecule has 0 unspecified atom stereocenters. The third-order valence-electron chi connectivity index (χ3n) is 5.04. The smallest absolute Gasteiger partial charge is 0.261 e. The molecule has 0 bridgehead atoms. The average Bonchev–Trinajstić information content (AvgIpc) is 3.48. The normalized spacial score (nSPS) is 10.7. The lowest BCUT2D eigenvalue weighted by atomic mass is 9.98. The quantitative estimate of drug-likeness (QED) is 0.431. The van der Waals surface area contributed by atoms with Crippen LogP contribution in [0.5, 0.6) is 0 Å². The van der Waals surface area contributed by atoms with E-state index < -0.39 is 0 Å². The maximum atomic E-state index is 12.3. The summed E-state index contributed by atoms with van der Waals surface area (Å²) < 4.78 is 1.89. The number of carbonyl (C=O) groups excluding carboxylic acids is 2. The lowest BCUT2D eigenvalue weighted by Crippen LogP contribution is -2.36. The van der Waals surface area contributed by atoms with Crippen molar-refractivity contribution in [1.82, 2.24) is 20.4 Å². The van der Waals surface area contributed by atoms with Crippen LogP contribution in [0, 0.1) is 6.92 Å². The summed E-state index contributed by atoms with van der Waals surface area (Å²) in [7, 11) is 0. The fraction of sp³-hybridized carbons (Fsp3) is 0.160. The van der Waals surface area contributed by atoms with Crippen LogP contribution in [0.25, 0.3) is 11.1 Å². The second-order valence-corrected chi connectivity index (χ2v) is 8.72. The van der Waals surface area contributed by atoms with Gasteiger partial charge in [-0.15, -0.1) is 11.3 Å². The lowest BCUT2D eigenvalue weighted by Gasteiger charge is -2.12. The number of rotatable bonds is 8. The summed E-state index contributed by atoms with van der Waals surface area (Å²) >= 11 is 1.41. The zero-order valence-corrected chi connectivity index (χ0v) is 18.6. The Hall–Kier alpha value is -3.71. The van der Waals surface area contributed by atoms with Gasteiger partial charge in [-0.05, 0) is 47.4 Å². The fourth-order valence-electron chi connectivity index (χ4n) is 3.39. The van der Waals surface area contributed by atoms with Crippen molar-refractivity contribution >= 4 is 23.2 Å². The maximum absolute atomic E-state index is 12.3. The highest BCUT2D eigenvalue weighted by atomic mass is 32.1. The second-order valence-electron chi connectivity index (χ2n) is 7.43. The predicted octanol–water partition coefficient (Wildman–Crippen LogP) is 4.01. The molecular formula is C25H24N4O2S. The zero-order chi connectivity index (χ0) is 22.3. The van der Waals surface area contributed by atoms with Crippen LogP contribution in [-0.4, -0.2) is 28.1 Å². The molecule has 32 heavy (non-hydrogen) atoms. The van der Waals surface area contributed by atoms with Crippen molar-refractivity contribution in [3.05, 3.63) is 100 Å². The third kappa shape index (κ3) is 5.50. The minimum Gasteiger partial charge on any atom is -0.350 e. The second kappa shape index (κ2) is 10.1. The number of thiophene rings is 1. The Bertz CT molecular complexity index is 1200. The van der Waals surface area contributed by atoms with Crippen LogP contribution in [0.4, 0.5) is 0 Å². The first kappa shape index (κ1) is 21.5.